The van der Waals surface area contributed by atoms with Crippen LogP contribution in [0.15, 0.2) is 24.3 Å². The molecule has 1 aromatic carbocycles. The van der Waals surface area contributed by atoms with Crippen LogP contribution < -0.4 is 9.64 Å². The van der Waals surface area contributed by atoms with Gasteiger partial charge in [-0.15, -0.1) is 0 Å². The Morgan fingerprint density at radius 3 is 2.82 bits per heavy atom. The van der Waals surface area contributed by atoms with Gasteiger partial charge in [-0.3, -0.25) is 0 Å². The minimum atomic E-state index is -0.948. The predicted octanol–water partition coefficient (Wildman–Crippen LogP) is 1.75. The van der Waals surface area contributed by atoms with Gasteiger partial charge in [-0.1, -0.05) is 6.07 Å². The molecule has 17 heavy (non-hydrogen) atoms. The largest absolute Gasteiger partial charge is 0.482 e. The van der Waals surface area contributed by atoms with Crippen molar-refractivity contribution < 1.29 is 14.6 Å². The van der Waals surface area contributed by atoms with Crippen molar-refractivity contribution in [2.24, 2.45) is 5.41 Å². The number of hydrogen-bond acceptors (Lipinski definition) is 3. The Hall–Kier alpha value is -1.71. The smallest absolute Gasteiger partial charge is 0.341 e. The van der Waals surface area contributed by atoms with E-state index in [-0.39, 0.29) is 6.61 Å². The topological polar surface area (TPSA) is 49.8 Å². The minimum Gasteiger partial charge on any atom is -0.482 e. The third-order valence-corrected chi connectivity index (χ3v) is 3.55. The fraction of sp³-hybridized carbons (Fsp3) is 0.462. The van der Waals surface area contributed by atoms with E-state index in [0.717, 1.165) is 18.8 Å². The molecule has 0 bridgehead atoms. The van der Waals surface area contributed by atoms with Gasteiger partial charge in [0.05, 0.1) is 0 Å². The lowest BCUT2D eigenvalue weighted by Gasteiger charge is -2.42. The second-order valence-electron chi connectivity index (χ2n) is 5.04. The lowest BCUT2D eigenvalue weighted by atomic mass is 9.96. The number of benzene rings is 1. The first-order valence-electron chi connectivity index (χ1n) is 5.87. The number of carboxylic acid groups (broad SMARTS) is 1. The highest BCUT2D eigenvalue weighted by Gasteiger charge is 2.52. The first kappa shape index (κ1) is 10.4. The summed E-state index contributed by atoms with van der Waals surface area (Å²) in [5, 5.41) is 8.55. The number of ether oxygens (including phenoxy) is 1. The Bertz CT molecular complexity index is 446. The van der Waals surface area contributed by atoms with Gasteiger partial charge >= 0.3 is 5.97 Å². The first-order chi connectivity index (χ1) is 8.17. The highest BCUT2D eigenvalue weighted by Crippen LogP contribution is 2.53. The van der Waals surface area contributed by atoms with Gasteiger partial charge in [-0.05, 0) is 25.0 Å². The van der Waals surface area contributed by atoms with Crippen LogP contribution in [0, 0.1) is 5.41 Å². The number of carbonyl (C=O) groups is 1. The number of aliphatic carboxylic acids is 1. The molecule has 3 rings (SSSR count). The summed E-state index contributed by atoms with van der Waals surface area (Å²) in [6, 6.07) is 7.66. The van der Waals surface area contributed by atoms with Crippen molar-refractivity contribution in [1.82, 2.24) is 0 Å². The fourth-order valence-corrected chi connectivity index (χ4v) is 2.35. The van der Waals surface area contributed by atoms with Crippen LogP contribution >= 0.6 is 0 Å². The highest BCUT2D eigenvalue weighted by atomic mass is 16.5. The summed E-state index contributed by atoms with van der Waals surface area (Å²) in [5.74, 6) is -0.321. The number of anilines is 1. The number of carboxylic acids is 1. The van der Waals surface area contributed by atoms with E-state index in [0.29, 0.717) is 11.2 Å². The molecular formula is C13H15NO3. The Balaban J connectivity index is 1.64. The SMILES string of the molecule is O=C(O)COc1cccc(N2CC3(CC3)C2)c1. The molecule has 1 spiro atoms. The van der Waals surface area contributed by atoms with Gasteiger partial charge < -0.3 is 14.7 Å². The van der Waals surface area contributed by atoms with E-state index in [1.165, 1.54) is 12.8 Å². The Morgan fingerprint density at radius 1 is 1.41 bits per heavy atom. The van der Waals surface area contributed by atoms with Gasteiger partial charge in [0.25, 0.3) is 0 Å². The Labute approximate surface area is 99.8 Å². The summed E-state index contributed by atoms with van der Waals surface area (Å²) >= 11 is 0. The van der Waals surface area contributed by atoms with E-state index in [2.05, 4.69) is 4.90 Å². The van der Waals surface area contributed by atoms with E-state index in [1.807, 2.05) is 18.2 Å². The summed E-state index contributed by atoms with van der Waals surface area (Å²) in [4.78, 5) is 12.7. The number of nitrogens with zero attached hydrogens (tertiary/aromatic N) is 1. The van der Waals surface area contributed by atoms with Crippen molar-refractivity contribution in [1.29, 1.82) is 0 Å². The second-order valence-corrected chi connectivity index (χ2v) is 5.04. The van der Waals surface area contributed by atoms with Crippen LogP contribution in [0.4, 0.5) is 5.69 Å². The van der Waals surface area contributed by atoms with Gasteiger partial charge in [0.15, 0.2) is 6.61 Å². The van der Waals surface area contributed by atoms with Crippen LogP contribution in [0.1, 0.15) is 12.8 Å². The van der Waals surface area contributed by atoms with Crippen molar-refractivity contribution in [2.75, 3.05) is 24.6 Å². The molecular weight excluding hydrogens is 218 g/mol. The molecule has 0 radical (unpaired) electrons. The fourth-order valence-electron chi connectivity index (χ4n) is 2.35. The van der Waals surface area contributed by atoms with Gasteiger partial charge in [-0.25, -0.2) is 4.79 Å². The lowest BCUT2D eigenvalue weighted by molar-refractivity contribution is -0.139. The summed E-state index contributed by atoms with van der Waals surface area (Å²) in [7, 11) is 0. The van der Waals surface area contributed by atoms with Crippen molar-refractivity contribution in [3.05, 3.63) is 24.3 Å². The van der Waals surface area contributed by atoms with E-state index < -0.39 is 5.97 Å². The molecule has 2 aliphatic rings. The lowest BCUT2D eigenvalue weighted by Crippen LogP contribution is -2.48. The average molecular weight is 233 g/mol. The van der Waals surface area contributed by atoms with E-state index in [1.54, 1.807) is 6.07 Å². The molecule has 1 N–H and O–H groups in total. The van der Waals surface area contributed by atoms with Gasteiger partial charge in [0.2, 0.25) is 0 Å². The summed E-state index contributed by atoms with van der Waals surface area (Å²) in [6.07, 6.45) is 2.72. The molecule has 1 aliphatic carbocycles. The molecule has 4 heteroatoms. The van der Waals surface area contributed by atoms with Crippen molar-refractivity contribution in [2.45, 2.75) is 12.8 Å². The maximum Gasteiger partial charge on any atom is 0.341 e. The standard InChI is InChI=1S/C13H15NO3/c15-12(16)7-17-11-3-1-2-10(6-11)14-8-13(9-14)4-5-13/h1-3,6H,4-5,7-9H2,(H,15,16). The molecule has 4 nitrogen and oxygen atoms in total. The predicted molar refractivity (Wildman–Crippen MR) is 63.5 cm³/mol. The zero-order valence-electron chi connectivity index (χ0n) is 9.56. The molecule has 0 atom stereocenters. The molecule has 1 aliphatic heterocycles. The highest BCUT2D eigenvalue weighted by molar-refractivity contribution is 5.68. The molecule has 0 amide bonds. The zero-order chi connectivity index (χ0) is 11.9. The van der Waals surface area contributed by atoms with Gasteiger partial charge in [0, 0.05) is 30.3 Å². The normalized spacial score (nSPS) is 19.9. The van der Waals surface area contributed by atoms with Crippen LogP contribution in [0.25, 0.3) is 0 Å². The maximum absolute atomic E-state index is 10.4. The summed E-state index contributed by atoms with van der Waals surface area (Å²) in [6.45, 7) is 1.98. The van der Waals surface area contributed by atoms with Gasteiger partial charge in [-0.2, -0.15) is 0 Å². The maximum atomic E-state index is 10.4. The third kappa shape index (κ3) is 2.07. The average Bonchev–Trinajstić information content (AvgIpc) is 3.05. The molecule has 0 aromatic heterocycles. The van der Waals surface area contributed by atoms with Gasteiger partial charge in [0.1, 0.15) is 5.75 Å². The van der Waals surface area contributed by atoms with Crippen molar-refractivity contribution >= 4 is 11.7 Å². The van der Waals surface area contributed by atoms with Crippen LogP contribution in [-0.4, -0.2) is 30.8 Å². The third-order valence-electron chi connectivity index (χ3n) is 3.55. The molecule has 0 unspecified atom stereocenters. The van der Waals surface area contributed by atoms with E-state index in [9.17, 15) is 4.79 Å². The van der Waals surface area contributed by atoms with E-state index in [4.69, 9.17) is 9.84 Å². The Morgan fingerprint density at radius 2 is 2.18 bits per heavy atom. The molecule has 2 fully saturated rings. The minimum absolute atomic E-state index is 0.284. The monoisotopic (exact) mass is 233 g/mol. The van der Waals surface area contributed by atoms with Crippen LogP contribution in [0.5, 0.6) is 5.75 Å². The van der Waals surface area contributed by atoms with Crippen LogP contribution in [-0.2, 0) is 4.79 Å². The van der Waals surface area contributed by atoms with E-state index >= 15 is 0 Å². The van der Waals surface area contributed by atoms with Crippen molar-refractivity contribution in [3.63, 3.8) is 0 Å². The van der Waals surface area contributed by atoms with Crippen LogP contribution in [0.3, 0.4) is 0 Å². The number of rotatable bonds is 4. The summed E-state index contributed by atoms with van der Waals surface area (Å²) < 4.78 is 5.17. The zero-order valence-corrected chi connectivity index (χ0v) is 9.56. The molecule has 1 saturated heterocycles. The molecule has 90 valence electrons. The van der Waals surface area contributed by atoms with Crippen LogP contribution in [0.2, 0.25) is 0 Å². The number of hydrogen-bond donors (Lipinski definition) is 1. The van der Waals surface area contributed by atoms with Crippen molar-refractivity contribution in [3.8, 4) is 5.75 Å². The first-order valence-corrected chi connectivity index (χ1v) is 5.87. The Kier molecular flexibility index (Phi) is 2.24. The molecule has 1 heterocycles. The molecule has 1 aromatic rings. The quantitative estimate of drug-likeness (QED) is 0.860. The second kappa shape index (κ2) is 3.65. The molecule has 1 saturated carbocycles. The summed E-state index contributed by atoms with van der Waals surface area (Å²) in [5.41, 5.74) is 1.75.